The van der Waals surface area contributed by atoms with Crippen molar-refractivity contribution < 1.29 is 9.59 Å². The molecule has 7 heteroatoms. The number of rotatable bonds is 5. The van der Waals surface area contributed by atoms with Gasteiger partial charge in [-0.2, -0.15) is 10.5 Å². The van der Waals surface area contributed by atoms with E-state index in [2.05, 4.69) is 16.7 Å². The predicted molar refractivity (Wildman–Crippen MR) is 88.6 cm³/mol. The molecule has 0 radical (unpaired) electrons. The number of thioether (sulfide) groups is 1. The summed E-state index contributed by atoms with van der Waals surface area (Å²) in [5.41, 5.74) is -0.547. The third-order valence-corrected chi connectivity index (χ3v) is 5.07. The molecule has 1 rings (SSSR count). The Morgan fingerprint density at radius 2 is 2.00 bits per heavy atom. The van der Waals surface area contributed by atoms with E-state index in [-0.39, 0.29) is 17.7 Å². The van der Waals surface area contributed by atoms with Gasteiger partial charge < -0.3 is 10.6 Å². The van der Waals surface area contributed by atoms with Gasteiger partial charge in [-0.25, -0.2) is 0 Å². The summed E-state index contributed by atoms with van der Waals surface area (Å²) < 4.78 is 0. The largest absolute Gasteiger partial charge is 0.353 e. The number of nitrogens with one attached hydrogen (secondary N) is 2. The van der Waals surface area contributed by atoms with E-state index in [0.717, 1.165) is 11.8 Å². The van der Waals surface area contributed by atoms with Crippen molar-refractivity contribution in [2.75, 3.05) is 5.75 Å². The zero-order chi connectivity index (χ0) is 17.8. The van der Waals surface area contributed by atoms with E-state index in [4.69, 9.17) is 5.26 Å². The Balaban J connectivity index is 2.89. The smallest absolute Gasteiger partial charge is 0.243 e. The molecule has 124 valence electrons. The first-order valence-corrected chi connectivity index (χ1v) is 8.41. The van der Waals surface area contributed by atoms with Crippen LogP contribution in [-0.4, -0.2) is 23.6 Å². The van der Waals surface area contributed by atoms with Crippen LogP contribution in [0.5, 0.6) is 0 Å². The van der Waals surface area contributed by atoms with Crippen molar-refractivity contribution in [3.05, 3.63) is 10.6 Å². The van der Waals surface area contributed by atoms with Crippen LogP contribution < -0.4 is 10.6 Å². The molecule has 0 aromatic heterocycles. The van der Waals surface area contributed by atoms with Crippen molar-refractivity contribution in [3.8, 4) is 12.1 Å². The highest BCUT2D eigenvalue weighted by Gasteiger charge is 2.44. The third kappa shape index (κ3) is 4.27. The lowest BCUT2D eigenvalue weighted by atomic mass is 9.72. The Bertz CT molecular complexity index is 611. The molecule has 0 saturated heterocycles. The van der Waals surface area contributed by atoms with Crippen molar-refractivity contribution in [2.24, 2.45) is 17.3 Å². The molecule has 0 fully saturated rings. The molecule has 1 aliphatic heterocycles. The molecule has 0 aliphatic carbocycles. The maximum atomic E-state index is 12.0. The Morgan fingerprint density at radius 3 is 2.48 bits per heavy atom. The normalized spacial score (nSPS) is 21.2. The van der Waals surface area contributed by atoms with Gasteiger partial charge >= 0.3 is 0 Å². The first kappa shape index (κ1) is 19.1. The molecule has 1 heterocycles. The van der Waals surface area contributed by atoms with Gasteiger partial charge in [0.05, 0.1) is 28.5 Å². The molecule has 0 aromatic carbocycles. The van der Waals surface area contributed by atoms with Gasteiger partial charge in [0.2, 0.25) is 11.8 Å². The molecule has 0 bridgehead atoms. The van der Waals surface area contributed by atoms with Crippen LogP contribution in [-0.2, 0) is 9.59 Å². The summed E-state index contributed by atoms with van der Waals surface area (Å²) in [4.78, 5) is 24.0. The van der Waals surface area contributed by atoms with Crippen LogP contribution in [0.4, 0.5) is 0 Å². The average molecular weight is 334 g/mol. The predicted octanol–water partition coefficient (Wildman–Crippen LogP) is 1.91. The zero-order valence-electron chi connectivity index (χ0n) is 14.1. The lowest BCUT2D eigenvalue weighted by molar-refractivity contribution is -0.125. The van der Waals surface area contributed by atoms with Crippen LogP contribution in [0, 0.1) is 39.9 Å². The number of carbonyl (C=O) groups is 2. The third-order valence-electron chi connectivity index (χ3n) is 4.07. The quantitative estimate of drug-likeness (QED) is 0.799. The minimum absolute atomic E-state index is 0.0490. The fourth-order valence-corrected chi connectivity index (χ4v) is 3.12. The fourth-order valence-electron chi connectivity index (χ4n) is 2.13. The Hall–Kier alpha value is -1.99. The highest BCUT2D eigenvalue weighted by atomic mass is 32.2. The molecular formula is C16H22N4O2S. The van der Waals surface area contributed by atoms with Crippen molar-refractivity contribution in [3.63, 3.8) is 0 Å². The van der Waals surface area contributed by atoms with E-state index in [1.807, 2.05) is 26.8 Å². The number of hydrogen-bond acceptors (Lipinski definition) is 5. The average Bonchev–Trinajstić information content (AvgIpc) is 2.44. The number of hydrogen-bond donors (Lipinski definition) is 2. The number of nitrogens with zero attached hydrogens (tertiary/aromatic N) is 2. The highest BCUT2D eigenvalue weighted by Crippen LogP contribution is 2.41. The Labute approximate surface area is 141 Å². The van der Waals surface area contributed by atoms with Crippen LogP contribution in [0.25, 0.3) is 0 Å². The molecular weight excluding hydrogens is 312 g/mol. The molecule has 1 aliphatic rings. The van der Waals surface area contributed by atoms with E-state index in [1.54, 1.807) is 13.8 Å². The number of amides is 2. The summed E-state index contributed by atoms with van der Waals surface area (Å²) >= 11 is 1.11. The van der Waals surface area contributed by atoms with Crippen LogP contribution in [0.3, 0.4) is 0 Å². The van der Waals surface area contributed by atoms with Crippen molar-refractivity contribution in [2.45, 2.75) is 40.7 Å². The van der Waals surface area contributed by atoms with Crippen molar-refractivity contribution in [1.29, 1.82) is 10.5 Å². The molecule has 2 atom stereocenters. The lowest BCUT2D eigenvalue weighted by Gasteiger charge is -2.34. The van der Waals surface area contributed by atoms with E-state index >= 15 is 0 Å². The molecule has 0 saturated carbocycles. The lowest BCUT2D eigenvalue weighted by Crippen LogP contribution is -2.45. The maximum absolute atomic E-state index is 12.0. The highest BCUT2D eigenvalue weighted by molar-refractivity contribution is 8.03. The number of allylic oxidation sites excluding steroid dienone is 1. The van der Waals surface area contributed by atoms with Crippen LogP contribution in [0.2, 0.25) is 0 Å². The first-order chi connectivity index (χ1) is 10.6. The molecule has 6 nitrogen and oxygen atoms in total. The van der Waals surface area contributed by atoms with Gasteiger partial charge in [-0.3, -0.25) is 9.59 Å². The number of nitriles is 2. The molecule has 2 N–H and O–H groups in total. The van der Waals surface area contributed by atoms with Gasteiger partial charge in [-0.1, -0.05) is 39.5 Å². The standard InChI is InChI=1S/C16H22N4O2S/c1-9(2)10(3)19-13(21)8-23-15-12(7-18)16(4,5)11(6-17)14(22)20-15/h9-11H,8H2,1-5H3,(H,19,21)(H,20,22)/t10-,11+/m0/s1. The van der Waals surface area contributed by atoms with Crippen LogP contribution >= 0.6 is 11.8 Å². The van der Waals surface area contributed by atoms with E-state index in [9.17, 15) is 14.9 Å². The van der Waals surface area contributed by atoms with Crippen LogP contribution in [0.1, 0.15) is 34.6 Å². The van der Waals surface area contributed by atoms with Crippen LogP contribution in [0.15, 0.2) is 10.6 Å². The first-order valence-electron chi connectivity index (χ1n) is 7.42. The summed E-state index contributed by atoms with van der Waals surface area (Å²) in [6, 6.07) is 4.07. The minimum atomic E-state index is -0.920. The minimum Gasteiger partial charge on any atom is -0.353 e. The van der Waals surface area contributed by atoms with Gasteiger partial charge in [0.1, 0.15) is 5.92 Å². The van der Waals surface area contributed by atoms with Gasteiger partial charge in [0.25, 0.3) is 0 Å². The van der Waals surface area contributed by atoms with Gasteiger partial charge in [-0.15, -0.1) is 0 Å². The topological polar surface area (TPSA) is 106 Å². The molecule has 0 spiro atoms. The van der Waals surface area contributed by atoms with E-state index in [1.165, 1.54) is 0 Å². The molecule has 0 aromatic rings. The molecule has 0 unspecified atom stereocenters. The monoisotopic (exact) mass is 334 g/mol. The second kappa shape index (κ2) is 7.52. The summed E-state index contributed by atoms with van der Waals surface area (Å²) in [7, 11) is 0. The Morgan fingerprint density at radius 1 is 1.39 bits per heavy atom. The van der Waals surface area contributed by atoms with Gasteiger partial charge in [0.15, 0.2) is 0 Å². The maximum Gasteiger partial charge on any atom is 0.243 e. The number of carbonyl (C=O) groups excluding carboxylic acids is 2. The second-order valence-corrected chi connectivity index (χ2v) is 7.46. The Kier molecular flexibility index (Phi) is 6.23. The van der Waals surface area contributed by atoms with Crippen molar-refractivity contribution >= 4 is 23.6 Å². The second-order valence-electron chi connectivity index (χ2n) is 6.48. The summed E-state index contributed by atoms with van der Waals surface area (Å²) in [6.07, 6.45) is 0. The molecule has 2 amide bonds. The summed E-state index contributed by atoms with van der Waals surface area (Å²) in [6.45, 7) is 9.34. The fraction of sp³-hybridized carbons (Fsp3) is 0.625. The van der Waals surface area contributed by atoms with E-state index < -0.39 is 17.2 Å². The summed E-state index contributed by atoms with van der Waals surface area (Å²) in [5, 5.41) is 24.4. The van der Waals surface area contributed by atoms with Gasteiger partial charge in [-0.05, 0) is 12.8 Å². The summed E-state index contributed by atoms with van der Waals surface area (Å²) in [5.74, 6) is -1.09. The SMILES string of the molecule is CC(C)[C@H](C)NC(=O)CSC1=C(C#N)C(C)(C)[C@H](C#N)C(=O)N1. The van der Waals surface area contributed by atoms with Crippen molar-refractivity contribution in [1.82, 2.24) is 10.6 Å². The molecule has 23 heavy (non-hydrogen) atoms. The van der Waals surface area contributed by atoms with Gasteiger partial charge in [0, 0.05) is 11.5 Å². The zero-order valence-corrected chi connectivity index (χ0v) is 14.9. The van der Waals surface area contributed by atoms with E-state index in [0.29, 0.717) is 16.5 Å².